The predicted molar refractivity (Wildman–Crippen MR) is 101 cm³/mol. The summed E-state index contributed by atoms with van der Waals surface area (Å²) >= 11 is 0. The van der Waals surface area contributed by atoms with E-state index in [1.807, 2.05) is 42.5 Å². The van der Waals surface area contributed by atoms with Crippen LogP contribution in [-0.4, -0.2) is 45.4 Å². The second kappa shape index (κ2) is 7.79. The molecule has 0 aliphatic carbocycles. The van der Waals surface area contributed by atoms with Crippen LogP contribution in [-0.2, 0) is 11.2 Å². The summed E-state index contributed by atoms with van der Waals surface area (Å²) in [4.78, 5) is 15.0. The Hall–Kier alpha value is -2.53. The number of carbonyl (C=O) groups is 1. The highest BCUT2D eigenvalue weighted by Crippen LogP contribution is 2.27. The molecule has 0 bridgehead atoms. The number of para-hydroxylation sites is 2. The van der Waals surface area contributed by atoms with E-state index < -0.39 is 0 Å². The van der Waals surface area contributed by atoms with E-state index >= 15 is 0 Å². The van der Waals surface area contributed by atoms with Gasteiger partial charge < -0.3 is 19.7 Å². The molecule has 1 unspecified atom stereocenters. The molecule has 0 saturated carbocycles. The molecule has 5 heteroatoms. The largest absolute Gasteiger partial charge is 0.493 e. The third-order valence-electron chi connectivity index (χ3n) is 5.01. The lowest BCUT2D eigenvalue weighted by Gasteiger charge is -2.30. The first kappa shape index (κ1) is 16.9. The average molecular weight is 352 g/mol. The summed E-state index contributed by atoms with van der Waals surface area (Å²) in [5.74, 6) is 1.24. The van der Waals surface area contributed by atoms with Gasteiger partial charge in [0.1, 0.15) is 5.75 Å². The Morgan fingerprint density at radius 3 is 2.73 bits per heavy atom. The monoisotopic (exact) mass is 352 g/mol. The van der Waals surface area contributed by atoms with Gasteiger partial charge in [-0.2, -0.15) is 0 Å². The van der Waals surface area contributed by atoms with Gasteiger partial charge in [0.2, 0.25) is 0 Å². The maximum atomic E-state index is 12.8. The lowest BCUT2D eigenvalue weighted by atomic mass is 9.96. The number of morpholine rings is 1. The van der Waals surface area contributed by atoms with Crippen LogP contribution in [0.2, 0.25) is 0 Å². The standard InChI is InChI=1S/C21H24N2O3/c24-21(18-6-2-3-7-19(18)23-9-11-25-12-10-23)22-14-16-13-17-5-1-4-8-20(17)26-15-16/h1-8,16H,9-15H2,(H,22,24). The van der Waals surface area contributed by atoms with E-state index in [0.29, 0.717) is 32.3 Å². The second-order valence-corrected chi connectivity index (χ2v) is 6.82. The number of carbonyl (C=O) groups excluding carboxylic acids is 1. The lowest BCUT2D eigenvalue weighted by Crippen LogP contribution is -2.39. The molecule has 1 amide bonds. The Morgan fingerprint density at radius 2 is 1.85 bits per heavy atom. The maximum Gasteiger partial charge on any atom is 0.253 e. The number of nitrogens with zero attached hydrogens (tertiary/aromatic N) is 1. The summed E-state index contributed by atoms with van der Waals surface area (Å²) < 4.78 is 11.2. The van der Waals surface area contributed by atoms with Gasteiger partial charge in [-0.1, -0.05) is 30.3 Å². The zero-order valence-electron chi connectivity index (χ0n) is 14.8. The van der Waals surface area contributed by atoms with Gasteiger partial charge in [0.05, 0.1) is 25.4 Å². The summed E-state index contributed by atoms with van der Waals surface area (Å²) in [6, 6.07) is 15.9. The van der Waals surface area contributed by atoms with Gasteiger partial charge in [-0.05, 0) is 30.2 Å². The Balaban J connectivity index is 1.40. The van der Waals surface area contributed by atoms with Crippen LogP contribution in [0.1, 0.15) is 15.9 Å². The number of fused-ring (bicyclic) bond motifs is 1. The van der Waals surface area contributed by atoms with Crippen molar-refractivity contribution in [1.29, 1.82) is 0 Å². The molecule has 1 saturated heterocycles. The van der Waals surface area contributed by atoms with Gasteiger partial charge in [0.15, 0.2) is 0 Å². The van der Waals surface area contributed by atoms with E-state index in [0.717, 1.165) is 36.5 Å². The number of hydrogen-bond donors (Lipinski definition) is 1. The fraction of sp³-hybridized carbons (Fsp3) is 0.381. The third kappa shape index (κ3) is 3.68. The first-order valence-electron chi connectivity index (χ1n) is 9.22. The van der Waals surface area contributed by atoms with Crippen molar-refractivity contribution in [2.24, 2.45) is 5.92 Å². The zero-order chi connectivity index (χ0) is 17.8. The van der Waals surface area contributed by atoms with Crippen LogP contribution in [0.5, 0.6) is 5.75 Å². The number of benzene rings is 2. The van der Waals surface area contributed by atoms with E-state index in [9.17, 15) is 4.79 Å². The summed E-state index contributed by atoms with van der Waals surface area (Å²) in [6.07, 6.45) is 0.932. The minimum atomic E-state index is -0.0223. The van der Waals surface area contributed by atoms with Gasteiger partial charge in [-0.25, -0.2) is 0 Å². The normalized spacial score (nSPS) is 19.4. The van der Waals surface area contributed by atoms with Crippen LogP contribution in [0.3, 0.4) is 0 Å². The average Bonchev–Trinajstić information content (AvgIpc) is 2.72. The Labute approximate surface area is 153 Å². The van der Waals surface area contributed by atoms with Gasteiger partial charge in [0.25, 0.3) is 5.91 Å². The molecule has 2 aromatic rings. The first-order valence-corrected chi connectivity index (χ1v) is 9.22. The Bertz CT molecular complexity index is 771. The van der Waals surface area contributed by atoms with Crippen molar-refractivity contribution in [2.45, 2.75) is 6.42 Å². The molecule has 2 heterocycles. The highest BCUT2D eigenvalue weighted by Gasteiger charge is 2.22. The van der Waals surface area contributed by atoms with Crippen molar-refractivity contribution in [3.63, 3.8) is 0 Å². The molecule has 5 nitrogen and oxygen atoms in total. The smallest absolute Gasteiger partial charge is 0.253 e. The molecular formula is C21H24N2O3. The molecule has 4 rings (SSSR count). The molecule has 136 valence electrons. The highest BCUT2D eigenvalue weighted by atomic mass is 16.5. The van der Waals surface area contributed by atoms with Crippen molar-refractivity contribution >= 4 is 11.6 Å². The van der Waals surface area contributed by atoms with E-state index in [4.69, 9.17) is 9.47 Å². The number of nitrogens with one attached hydrogen (secondary N) is 1. The number of amides is 1. The SMILES string of the molecule is O=C(NCC1COc2ccccc2C1)c1ccccc1N1CCOCC1. The summed E-state index contributed by atoms with van der Waals surface area (Å²) in [6.45, 7) is 4.30. The van der Waals surface area contributed by atoms with Crippen LogP contribution < -0.4 is 15.0 Å². The minimum Gasteiger partial charge on any atom is -0.493 e. The van der Waals surface area contributed by atoms with E-state index in [1.165, 1.54) is 5.56 Å². The summed E-state index contributed by atoms with van der Waals surface area (Å²) in [5, 5.41) is 3.10. The predicted octanol–water partition coefficient (Wildman–Crippen LogP) is 2.50. The zero-order valence-corrected chi connectivity index (χ0v) is 14.8. The maximum absolute atomic E-state index is 12.8. The van der Waals surface area contributed by atoms with E-state index in [-0.39, 0.29) is 5.91 Å². The fourth-order valence-electron chi connectivity index (χ4n) is 3.60. The molecule has 2 aliphatic heterocycles. The molecular weight excluding hydrogens is 328 g/mol. The van der Waals surface area contributed by atoms with Crippen molar-refractivity contribution in [3.05, 3.63) is 59.7 Å². The van der Waals surface area contributed by atoms with Gasteiger partial charge in [-0.3, -0.25) is 4.79 Å². The molecule has 0 radical (unpaired) electrons. The lowest BCUT2D eigenvalue weighted by molar-refractivity contribution is 0.0937. The number of ether oxygens (including phenoxy) is 2. The minimum absolute atomic E-state index is 0.0223. The second-order valence-electron chi connectivity index (χ2n) is 6.82. The van der Waals surface area contributed by atoms with Crippen LogP contribution in [0.4, 0.5) is 5.69 Å². The molecule has 26 heavy (non-hydrogen) atoms. The van der Waals surface area contributed by atoms with E-state index in [1.54, 1.807) is 0 Å². The van der Waals surface area contributed by atoms with Crippen LogP contribution in [0.15, 0.2) is 48.5 Å². The molecule has 0 spiro atoms. The van der Waals surface area contributed by atoms with Crippen LogP contribution in [0.25, 0.3) is 0 Å². The van der Waals surface area contributed by atoms with Gasteiger partial charge >= 0.3 is 0 Å². The fourth-order valence-corrected chi connectivity index (χ4v) is 3.60. The summed E-state index contributed by atoms with van der Waals surface area (Å²) in [5.41, 5.74) is 2.93. The molecule has 0 aromatic heterocycles. The quantitative estimate of drug-likeness (QED) is 0.919. The van der Waals surface area contributed by atoms with Crippen molar-refractivity contribution in [2.75, 3.05) is 44.4 Å². The van der Waals surface area contributed by atoms with Crippen molar-refractivity contribution in [3.8, 4) is 5.75 Å². The Morgan fingerprint density at radius 1 is 1.08 bits per heavy atom. The van der Waals surface area contributed by atoms with Gasteiger partial charge in [-0.15, -0.1) is 0 Å². The molecule has 2 aromatic carbocycles. The van der Waals surface area contributed by atoms with Crippen molar-refractivity contribution in [1.82, 2.24) is 5.32 Å². The first-order chi connectivity index (χ1) is 12.8. The van der Waals surface area contributed by atoms with E-state index in [2.05, 4.69) is 16.3 Å². The third-order valence-corrected chi connectivity index (χ3v) is 5.01. The number of hydrogen-bond acceptors (Lipinski definition) is 4. The summed E-state index contributed by atoms with van der Waals surface area (Å²) in [7, 11) is 0. The molecule has 1 N–H and O–H groups in total. The Kier molecular flexibility index (Phi) is 5.07. The topological polar surface area (TPSA) is 50.8 Å². The highest BCUT2D eigenvalue weighted by molar-refractivity contribution is 5.99. The van der Waals surface area contributed by atoms with Crippen LogP contribution >= 0.6 is 0 Å². The molecule has 2 aliphatic rings. The molecule has 1 fully saturated rings. The van der Waals surface area contributed by atoms with Gasteiger partial charge in [0, 0.05) is 31.2 Å². The number of rotatable bonds is 4. The number of anilines is 1. The van der Waals surface area contributed by atoms with Crippen LogP contribution in [0, 0.1) is 5.92 Å². The molecule has 1 atom stereocenters. The van der Waals surface area contributed by atoms with Crippen molar-refractivity contribution < 1.29 is 14.3 Å².